The Balaban J connectivity index is 1.66. The largest absolute Gasteiger partial charge is 0.460 e. The fourth-order valence-electron chi connectivity index (χ4n) is 2.46. The number of ketones is 1. The zero-order valence-corrected chi connectivity index (χ0v) is 10.9. The normalized spacial score (nSPS) is 16.8. The summed E-state index contributed by atoms with van der Waals surface area (Å²) in [5.74, 6) is -1.25. The molecule has 1 aliphatic carbocycles. The highest BCUT2D eigenvalue weighted by Crippen LogP contribution is 2.27. The minimum atomic E-state index is -0.684. The molecule has 3 heteroatoms. The summed E-state index contributed by atoms with van der Waals surface area (Å²) in [4.78, 5) is 24.2. The van der Waals surface area contributed by atoms with Crippen LogP contribution in [-0.4, -0.2) is 11.8 Å². The molecular formula is C17H14O3. The van der Waals surface area contributed by atoms with Gasteiger partial charge in [-0.2, -0.15) is 0 Å². The lowest BCUT2D eigenvalue weighted by Gasteiger charge is -2.08. The van der Waals surface area contributed by atoms with Crippen LogP contribution >= 0.6 is 0 Å². The van der Waals surface area contributed by atoms with Crippen molar-refractivity contribution in [1.29, 1.82) is 0 Å². The molecule has 0 aromatic heterocycles. The molecule has 0 N–H and O–H groups in total. The highest BCUT2D eigenvalue weighted by Gasteiger charge is 2.36. The van der Waals surface area contributed by atoms with Crippen LogP contribution in [-0.2, 0) is 22.6 Å². The monoisotopic (exact) mass is 266 g/mol. The van der Waals surface area contributed by atoms with Crippen LogP contribution in [0.1, 0.15) is 21.5 Å². The predicted molar refractivity (Wildman–Crippen MR) is 74.2 cm³/mol. The molecule has 0 saturated carbocycles. The topological polar surface area (TPSA) is 43.4 Å². The number of ether oxygens (including phenoxy) is 1. The van der Waals surface area contributed by atoms with E-state index in [0.717, 1.165) is 11.1 Å². The van der Waals surface area contributed by atoms with Crippen molar-refractivity contribution in [3.63, 3.8) is 0 Å². The lowest BCUT2D eigenvalue weighted by atomic mass is 10.1. The summed E-state index contributed by atoms with van der Waals surface area (Å²) in [6, 6.07) is 16.8. The van der Waals surface area contributed by atoms with Gasteiger partial charge in [-0.15, -0.1) is 0 Å². The minimum absolute atomic E-state index is 0.126. The molecule has 100 valence electrons. The van der Waals surface area contributed by atoms with E-state index in [1.54, 1.807) is 6.07 Å². The number of Topliss-reactive ketones (excluding diaryl/α,β-unsaturated/α-hetero) is 1. The predicted octanol–water partition coefficient (Wildman–Crippen LogP) is 2.79. The molecule has 0 saturated heterocycles. The van der Waals surface area contributed by atoms with E-state index in [0.29, 0.717) is 12.0 Å². The van der Waals surface area contributed by atoms with E-state index >= 15 is 0 Å². The molecule has 0 spiro atoms. The van der Waals surface area contributed by atoms with Crippen molar-refractivity contribution in [2.75, 3.05) is 0 Å². The standard InChI is InChI=1S/C17H14O3/c18-16-14-9-5-4-8-13(14)10-15(16)17(19)20-11-12-6-2-1-3-7-12/h1-9,15H,10-11H2. The Morgan fingerprint density at radius 2 is 1.75 bits per heavy atom. The van der Waals surface area contributed by atoms with Crippen molar-refractivity contribution in [3.8, 4) is 0 Å². The zero-order chi connectivity index (χ0) is 13.9. The fraction of sp³-hybridized carbons (Fsp3) is 0.176. The summed E-state index contributed by atoms with van der Waals surface area (Å²) >= 11 is 0. The molecule has 1 atom stereocenters. The average Bonchev–Trinajstić information content (AvgIpc) is 2.84. The van der Waals surface area contributed by atoms with Crippen molar-refractivity contribution >= 4 is 11.8 Å². The van der Waals surface area contributed by atoms with Gasteiger partial charge in [0.25, 0.3) is 0 Å². The molecule has 1 unspecified atom stereocenters. The van der Waals surface area contributed by atoms with Crippen LogP contribution in [0.2, 0.25) is 0 Å². The fourth-order valence-corrected chi connectivity index (χ4v) is 2.46. The Kier molecular flexibility index (Phi) is 3.33. The molecule has 20 heavy (non-hydrogen) atoms. The molecule has 0 radical (unpaired) electrons. The summed E-state index contributed by atoms with van der Waals surface area (Å²) in [6.07, 6.45) is 0.447. The summed E-state index contributed by atoms with van der Waals surface area (Å²) in [7, 11) is 0. The van der Waals surface area contributed by atoms with Crippen LogP contribution in [0.25, 0.3) is 0 Å². The van der Waals surface area contributed by atoms with Crippen molar-refractivity contribution < 1.29 is 14.3 Å². The maximum atomic E-state index is 12.1. The number of esters is 1. The second-order valence-corrected chi connectivity index (χ2v) is 4.87. The summed E-state index contributed by atoms with van der Waals surface area (Å²) < 4.78 is 5.25. The van der Waals surface area contributed by atoms with Crippen LogP contribution in [0.3, 0.4) is 0 Å². The van der Waals surface area contributed by atoms with Gasteiger partial charge in [-0.1, -0.05) is 54.6 Å². The molecule has 2 aromatic rings. The molecular weight excluding hydrogens is 252 g/mol. The van der Waals surface area contributed by atoms with Crippen LogP contribution < -0.4 is 0 Å². The third kappa shape index (κ3) is 2.35. The maximum absolute atomic E-state index is 12.1. The molecule has 0 fully saturated rings. The Morgan fingerprint density at radius 3 is 2.50 bits per heavy atom. The summed E-state index contributed by atoms with van der Waals surface area (Å²) in [5, 5.41) is 0. The number of carbonyl (C=O) groups excluding carboxylic acids is 2. The highest BCUT2D eigenvalue weighted by atomic mass is 16.5. The van der Waals surface area contributed by atoms with Crippen molar-refractivity contribution in [1.82, 2.24) is 0 Å². The molecule has 0 amide bonds. The number of rotatable bonds is 3. The van der Waals surface area contributed by atoms with Crippen molar-refractivity contribution in [2.45, 2.75) is 13.0 Å². The van der Waals surface area contributed by atoms with E-state index in [-0.39, 0.29) is 12.4 Å². The van der Waals surface area contributed by atoms with E-state index in [1.165, 1.54) is 0 Å². The molecule has 2 aromatic carbocycles. The highest BCUT2D eigenvalue weighted by molar-refractivity contribution is 6.12. The number of hydrogen-bond acceptors (Lipinski definition) is 3. The Bertz CT molecular complexity index is 646. The maximum Gasteiger partial charge on any atom is 0.317 e. The SMILES string of the molecule is O=C(OCc1ccccc1)C1Cc2ccccc2C1=O. The van der Waals surface area contributed by atoms with Crippen LogP contribution in [0.5, 0.6) is 0 Å². The van der Waals surface area contributed by atoms with Gasteiger partial charge in [-0.25, -0.2) is 0 Å². The van der Waals surface area contributed by atoms with Gasteiger partial charge in [0.1, 0.15) is 12.5 Å². The van der Waals surface area contributed by atoms with Gasteiger partial charge in [0, 0.05) is 5.56 Å². The van der Waals surface area contributed by atoms with Crippen LogP contribution in [0, 0.1) is 5.92 Å². The summed E-state index contributed by atoms with van der Waals surface area (Å²) in [6.45, 7) is 0.208. The van der Waals surface area contributed by atoms with E-state index in [4.69, 9.17) is 4.74 Å². The van der Waals surface area contributed by atoms with E-state index in [9.17, 15) is 9.59 Å². The van der Waals surface area contributed by atoms with Gasteiger partial charge in [0.05, 0.1) is 0 Å². The van der Waals surface area contributed by atoms with Crippen molar-refractivity contribution in [2.24, 2.45) is 5.92 Å². The first kappa shape index (κ1) is 12.6. The minimum Gasteiger partial charge on any atom is -0.460 e. The van der Waals surface area contributed by atoms with Gasteiger partial charge < -0.3 is 4.74 Å². The molecule has 0 bridgehead atoms. The van der Waals surface area contributed by atoms with E-state index in [2.05, 4.69) is 0 Å². The Labute approximate surface area is 117 Å². The van der Waals surface area contributed by atoms with Gasteiger partial charge in [-0.3, -0.25) is 9.59 Å². The lowest BCUT2D eigenvalue weighted by Crippen LogP contribution is -2.23. The van der Waals surface area contributed by atoms with Crippen LogP contribution in [0.4, 0.5) is 0 Å². The molecule has 3 nitrogen and oxygen atoms in total. The smallest absolute Gasteiger partial charge is 0.317 e. The molecule has 3 rings (SSSR count). The van der Waals surface area contributed by atoms with E-state index in [1.807, 2.05) is 48.5 Å². The number of benzene rings is 2. The summed E-state index contributed by atoms with van der Waals surface area (Å²) in [5.41, 5.74) is 2.50. The third-order valence-electron chi connectivity index (χ3n) is 3.53. The van der Waals surface area contributed by atoms with E-state index < -0.39 is 11.9 Å². The number of fused-ring (bicyclic) bond motifs is 1. The molecule has 1 aliphatic rings. The van der Waals surface area contributed by atoms with Gasteiger partial charge in [-0.05, 0) is 17.5 Å². The lowest BCUT2D eigenvalue weighted by molar-refractivity contribution is -0.147. The quantitative estimate of drug-likeness (QED) is 0.633. The van der Waals surface area contributed by atoms with Gasteiger partial charge in [0.2, 0.25) is 0 Å². The van der Waals surface area contributed by atoms with Gasteiger partial charge in [0.15, 0.2) is 5.78 Å². The average molecular weight is 266 g/mol. The second kappa shape index (κ2) is 5.29. The third-order valence-corrected chi connectivity index (χ3v) is 3.53. The Morgan fingerprint density at radius 1 is 1.05 bits per heavy atom. The first-order valence-corrected chi connectivity index (χ1v) is 6.58. The molecule has 0 aliphatic heterocycles. The van der Waals surface area contributed by atoms with Crippen LogP contribution in [0.15, 0.2) is 54.6 Å². The zero-order valence-electron chi connectivity index (χ0n) is 10.9. The number of carbonyl (C=O) groups is 2. The second-order valence-electron chi connectivity index (χ2n) is 4.87. The molecule has 0 heterocycles. The van der Waals surface area contributed by atoms with Crippen molar-refractivity contribution in [3.05, 3.63) is 71.3 Å². The Hall–Kier alpha value is -2.42. The number of hydrogen-bond donors (Lipinski definition) is 0. The first-order valence-electron chi connectivity index (χ1n) is 6.58. The first-order chi connectivity index (χ1) is 9.75. The van der Waals surface area contributed by atoms with Gasteiger partial charge >= 0.3 is 5.97 Å².